The second kappa shape index (κ2) is 8.70. The molecule has 1 aliphatic heterocycles. The molecule has 144 valence electrons. The number of hydrogen-bond acceptors (Lipinski definition) is 6. The topological polar surface area (TPSA) is 76.6 Å². The summed E-state index contributed by atoms with van der Waals surface area (Å²) in [5.74, 6) is 2.40. The van der Waals surface area contributed by atoms with Crippen LogP contribution in [0.3, 0.4) is 0 Å². The van der Waals surface area contributed by atoms with Gasteiger partial charge in [-0.25, -0.2) is 9.97 Å². The van der Waals surface area contributed by atoms with Crippen LogP contribution in [0.4, 0.5) is 5.95 Å². The number of piperidine rings is 1. The van der Waals surface area contributed by atoms with Gasteiger partial charge in [-0.15, -0.1) is 0 Å². The van der Waals surface area contributed by atoms with Crippen molar-refractivity contribution in [3.05, 3.63) is 41.7 Å². The first-order valence-electron chi connectivity index (χ1n) is 9.16. The van der Waals surface area contributed by atoms with E-state index in [2.05, 4.69) is 22.2 Å². The lowest BCUT2D eigenvalue weighted by molar-refractivity contribution is 0.0682. The van der Waals surface area contributed by atoms with Gasteiger partial charge in [0.25, 0.3) is 5.91 Å². The van der Waals surface area contributed by atoms with E-state index < -0.39 is 0 Å². The lowest BCUT2D eigenvalue weighted by Gasteiger charge is -2.30. The first-order chi connectivity index (χ1) is 13.1. The third-order valence-electron chi connectivity index (χ3n) is 4.74. The SMILES string of the molecule is COc1ccc(CNc2ncc(C(=O)N3CCCC(C)C3)cn2)cc1OC. The molecule has 0 radical (unpaired) electrons. The molecule has 3 rings (SSSR count). The Balaban J connectivity index is 1.60. The van der Waals surface area contributed by atoms with Crippen LogP contribution >= 0.6 is 0 Å². The molecular weight excluding hydrogens is 344 g/mol. The molecule has 2 aromatic rings. The summed E-state index contributed by atoms with van der Waals surface area (Å²) in [6, 6.07) is 5.71. The number of anilines is 1. The fourth-order valence-corrected chi connectivity index (χ4v) is 3.26. The molecule has 1 aromatic carbocycles. The van der Waals surface area contributed by atoms with Crippen LogP contribution in [-0.4, -0.2) is 48.1 Å². The largest absolute Gasteiger partial charge is 0.493 e. The summed E-state index contributed by atoms with van der Waals surface area (Å²) in [7, 11) is 3.22. The molecule has 0 aliphatic carbocycles. The van der Waals surface area contributed by atoms with E-state index in [4.69, 9.17) is 9.47 Å². The monoisotopic (exact) mass is 370 g/mol. The minimum absolute atomic E-state index is 0.00740. The zero-order valence-electron chi connectivity index (χ0n) is 16.1. The number of amides is 1. The highest BCUT2D eigenvalue weighted by Gasteiger charge is 2.22. The van der Waals surface area contributed by atoms with E-state index in [1.165, 1.54) is 6.42 Å². The standard InChI is InChI=1S/C20H26N4O3/c1-14-5-4-8-24(13-14)19(25)16-11-22-20(23-12-16)21-10-15-6-7-17(26-2)18(9-15)27-3/h6-7,9,11-12,14H,4-5,8,10,13H2,1-3H3,(H,21,22,23). The highest BCUT2D eigenvalue weighted by Crippen LogP contribution is 2.27. The van der Waals surface area contributed by atoms with E-state index >= 15 is 0 Å². The molecule has 0 saturated carbocycles. The molecule has 1 N–H and O–H groups in total. The van der Waals surface area contributed by atoms with Crippen molar-refractivity contribution in [2.75, 3.05) is 32.6 Å². The molecule has 1 aromatic heterocycles. The van der Waals surface area contributed by atoms with Crippen molar-refractivity contribution in [2.45, 2.75) is 26.3 Å². The Kier molecular flexibility index (Phi) is 6.11. The molecule has 1 saturated heterocycles. The number of hydrogen-bond donors (Lipinski definition) is 1. The third-order valence-corrected chi connectivity index (χ3v) is 4.74. The van der Waals surface area contributed by atoms with E-state index in [9.17, 15) is 4.79 Å². The predicted molar refractivity (Wildman–Crippen MR) is 103 cm³/mol. The zero-order chi connectivity index (χ0) is 19.2. The molecule has 0 spiro atoms. The van der Waals surface area contributed by atoms with Gasteiger partial charge in [-0.1, -0.05) is 13.0 Å². The van der Waals surface area contributed by atoms with Crippen LogP contribution in [0.5, 0.6) is 11.5 Å². The minimum Gasteiger partial charge on any atom is -0.493 e. The van der Waals surface area contributed by atoms with Crippen molar-refractivity contribution in [3.8, 4) is 11.5 Å². The van der Waals surface area contributed by atoms with Crippen LogP contribution < -0.4 is 14.8 Å². The lowest BCUT2D eigenvalue weighted by Crippen LogP contribution is -2.39. The number of nitrogens with one attached hydrogen (secondary N) is 1. The Labute approximate surface area is 159 Å². The normalized spacial score (nSPS) is 16.7. The molecule has 27 heavy (non-hydrogen) atoms. The van der Waals surface area contributed by atoms with Gasteiger partial charge in [-0.2, -0.15) is 0 Å². The van der Waals surface area contributed by atoms with Gasteiger partial charge in [0.15, 0.2) is 11.5 Å². The second-order valence-corrected chi connectivity index (χ2v) is 6.84. The number of nitrogens with zero attached hydrogens (tertiary/aromatic N) is 3. The number of aromatic nitrogens is 2. The molecule has 7 nitrogen and oxygen atoms in total. The van der Waals surface area contributed by atoms with Crippen LogP contribution in [0.25, 0.3) is 0 Å². The summed E-state index contributed by atoms with van der Waals surface area (Å²) in [4.78, 5) is 23.0. The third kappa shape index (κ3) is 4.67. The summed E-state index contributed by atoms with van der Waals surface area (Å²) < 4.78 is 10.6. The van der Waals surface area contributed by atoms with Gasteiger partial charge >= 0.3 is 0 Å². The van der Waals surface area contributed by atoms with Gasteiger partial charge in [0.1, 0.15) is 0 Å². The Bertz CT molecular complexity index is 779. The molecule has 7 heteroatoms. The molecule has 1 fully saturated rings. The van der Waals surface area contributed by atoms with Gasteiger partial charge in [0, 0.05) is 32.0 Å². The Hall–Kier alpha value is -2.83. The smallest absolute Gasteiger partial charge is 0.257 e. The van der Waals surface area contributed by atoms with Crippen molar-refractivity contribution in [1.29, 1.82) is 0 Å². The number of rotatable bonds is 6. The van der Waals surface area contributed by atoms with Crippen LogP contribution in [0.1, 0.15) is 35.7 Å². The maximum atomic E-state index is 12.6. The molecule has 0 bridgehead atoms. The average molecular weight is 370 g/mol. The molecular formula is C20H26N4O3. The van der Waals surface area contributed by atoms with E-state index in [0.717, 1.165) is 25.1 Å². The highest BCUT2D eigenvalue weighted by molar-refractivity contribution is 5.93. The van der Waals surface area contributed by atoms with Gasteiger partial charge in [0.05, 0.1) is 19.8 Å². The van der Waals surface area contributed by atoms with Crippen LogP contribution in [0.2, 0.25) is 0 Å². The van der Waals surface area contributed by atoms with Gasteiger partial charge in [0.2, 0.25) is 5.95 Å². The summed E-state index contributed by atoms with van der Waals surface area (Å²) in [6.45, 7) is 4.33. The summed E-state index contributed by atoms with van der Waals surface area (Å²) >= 11 is 0. The predicted octanol–water partition coefficient (Wildman–Crippen LogP) is 2.98. The maximum absolute atomic E-state index is 12.6. The number of methoxy groups -OCH3 is 2. The lowest BCUT2D eigenvalue weighted by atomic mass is 10.00. The molecule has 1 unspecified atom stereocenters. The first kappa shape index (κ1) is 18.9. The Morgan fingerprint density at radius 3 is 2.63 bits per heavy atom. The van der Waals surface area contributed by atoms with Gasteiger partial charge in [-0.05, 0) is 36.5 Å². The second-order valence-electron chi connectivity index (χ2n) is 6.84. The summed E-state index contributed by atoms with van der Waals surface area (Å²) in [5, 5.41) is 3.16. The number of benzene rings is 1. The number of ether oxygens (including phenoxy) is 2. The quantitative estimate of drug-likeness (QED) is 0.842. The van der Waals surface area contributed by atoms with Gasteiger partial charge < -0.3 is 19.7 Å². The van der Waals surface area contributed by atoms with E-state index in [0.29, 0.717) is 35.5 Å². The fraction of sp³-hybridized carbons (Fsp3) is 0.450. The fourth-order valence-electron chi connectivity index (χ4n) is 3.26. The van der Waals surface area contributed by atoms with E-state index in [-0.39, 0.29) is 5.91 Å². The Morgan fingerprint density at radius 2 is 1.96 bits per heavy atom. The average Bonchev–Trinajstić information content (AvgIpc) is 2.71. The molecule has 1 aliphatic rings. The van der Waals surface area contributed by atoms with Crippen molar-refractivity contribution in [2.24, 2.45) is 5.92 Å². The minimum atomic E-state index is 0.00740. The van der Waals surface area contributed by atoms with Crippen LogP contribution in [0.15, 0.2) is 30.6 Å². The highest BCUT2D eigenvalue weighted by atomic mass is 16.5. The first-order valence-corrected chi connectivity index (χ1v) is 9.16. The van der Waals surface area contributed by atoms with Crippen molar-refractivity contribution in [3.63, 3.8) is 0 Å². The van der Waals surface area contributed by atoms with Crippen LogP contribution in [0, 0.1) is 5.92 Å². The van der Waals surface area contributed by atoms with Crippen LogP contribution in [-0.2, 0) is 6.54 Å². The van der Waals surface area contributed by atoms with Crippen molar-refractivity contribution < 1.29 is 14.3 Å². The van der Waals surface area contributed by atoms with Gasteiger partial charge in [-0.3, -0.25) is 4.79 Å². The molecule has 1 amide bonds. The Morgan fingerprint density at radius 1 is 1.22 bits per heavy atom. The number of carbonyl (C=O) groups excluding carboxylic acids is 1. The molecule has 2 heterocycles. The zero-order valence-corrected chi connectivity index (χ0v) is 16.1. The summed E-state index contributed by atoms with van der Waals surface area (Å²) in [6.07, 6.45) is 5.41. The van der Waals surface area contributed by atoms with Crippen molar-refractivity contribution >= 4 is 11.9 Å². The molecule has 1 atom stereocenters. The van der Waals surface area contributed by atoms with Crippen molar-refractivity contribution in [1.82, 2.24) is 14.9 Å². The summed E-state index contributed by atoms with van der Waals surface area (Å²) in [5.41, 5.74) is 1.54. The van der Waals surface area contributed by atoms with E-state index in [1.54, 1.807) is 26.6 Å². The maximum Gasteiger partial charge on any atom is 0.257 e. The number of likely N-dealkylation sites (tertiary alicyclic amines) is 1. The number of carbonyl (C=O) groups is 1. The van der Waals surface area contributed by atoms with E-state index in [1.807, 2.05) is 23.1 Å².